The Morgan fingerprint density at radius 2 is 1.86 bits per heavy atom. The third-order valence-electron chi connectivity index (χ3n) is 3.26. The summed E-state index contributed by atoms with van der Waals surface area (Å²) < 4.78 is 5.11. The fraction of sp³-hybridized carbons (Fsp3) is 0.500. The molecular weight excluding hydrogens is 174 g/mol. The van der Waals surface area contributed by atoms with Crippen LogP contribution in [0, 0.1) is 5.41 Å². The molecule has 0 spiro atoms. The van der Waals surface area contributed by atoms with Crippen molar-refractivity contribution in [1.29, 1.82) is 0 Å². The first-order valence-electron chi connectivity index (χ1n) is 5.05. The average Bonchev–Trinajstić information content (AvgIpc) is 2.97. The average molecular weight is 191 g/mol. The van der Waals surface area contributed by atoms with E-state index in [0.29, 0.717) is 5.41 Å². The number of methoxy groups -OCH3 is 1. The molecule has 76 valence electrons. The molecule has 2 nitrogen and oxygen atoms in total. The summed E-state index contributed by atoms with van der Waals surface area (Å²) in [6.45, 7) is 2.25. The Balaban J connectivity index is 2.16. The van der Waals surface area contributed by atoms with E-state index in [0.717, 1.165) is 5.75 Å². The van der Waals surface area contributed by atoms with E-state index in [1.165, 1.54) is 18.4 Å². The fourth-order valence-electron chi connectivity index (χ4n) is 1.72. The minimum atomic E-state index is 0.174. The molecule has 1 saturated carbocycles. The highest BCUT2D eigenvalue weighted by Gasteiger charge is 2.43. The first-order valence-corrected chi connectivity index (χ1v) is 5.05. The molecule has 1 fully saturated rings. The summed E-state index contributed by atoms with van der Waals surface area (Å²) in [5.74, 6) is 0.891. The zero-order valence-corrected chi connectivity index (χ0v) is 8.79. The van der Waals surface area contributed by atoms with Gasteiger partial charge < -0.3 is 10.5 Å². The lowest BCUT2D eigenvalue weighted by molar-refractivity contribution is 0.413. The van der Waals surface area contributed by atoms with Crippen molar-refractivity contribution in [3.05, 3.63) is 29.8 Å². The molecule has 1 aromatic carbocycles. The van der Waals surface area contributed by atoms with Crippen LogP contribution < -0.4 is 10.5 Å². The first-order chi connectivity index (χ1) is 6.65. The van der Waals surface area contributed by atoms with Gasteiger partial charge in [-0.2, -0.15) is 0 Å². The minimum absolute atomic E-state index is 0.174. The second-order valence-electron chi connectivity index (χ2n) is 4.40. The molecule has 14 heavy (non-hydrogen) atoms. The Morgan fingerprint density at radius 3 is 2.29 bits per heavy atom. The van der Waals surface area contributed by atoms with E-state index in [2.05, 4.69) is 19.1 Å². The van der Waals surface area contributed by atoms with Gasteiger partial charge in [0.1, 0.15) is 5.75 Å². The monoisotopic (exact) mass is 191 g/mol. The van der Waals surface area contributed by atoms with E-state index < -0.39 is 0 Å². The highest BCUT2D eigenvalue weighted by atomic mass is 16.5. The van der Waals surface area contributed by atoms with Crippen molar-refractivity contribution in [2.24, 2.45) is 11.1 Å². The standard InChI is InChI=1S/C12H17NO/c1-12(7-8-12)11(13)9-3-5-10(14-2)6-4-9/h3-6,11H,7-8,13H2,1-2H3. The van der Waals surface area contributed by atoms with Crippen LogP contribution in [0.4, 0.5) is 0 Å². The quantitative estimate of drug-likeness (QED) is 0.796. The summed E-state index contributed by atoms with van der Waals surface area (Å²) in [5, 5.41) is 0. The van der Waals surface area contributed by atoms with Crippen molar-refractivity contribution in [2.75, 3.05) is 7.11 Å². The maximum Gasteiger partial charge on any atom is 0.118 e. The topological polar surface area (TPSA) is 35.2 Å². The molecule has 1 aliphatic rings. The largest absolute Gasteiger partial charge is 0.497 e. The van der Waals surface area contributed by atoms with Crippen molar-refractivity contribution in [3.63, 3.8) is 0 Å². The lowest BCUT2D eigenvalue weighted by Crippen LogP contribution is -2.19. The molecule has 0 aromatic heterocycles. The summed E-state index contributed by atoms with van der Waals surface area (Å²) in [6.07, 6.45) is 2.50. The van der Waals surface area contributed by atoms with Crippen molar-refractivity contribution >= 4 is 0 Å². The van der Waals surface area contributed by atoms with Gasteiger partial charge in [0.2, 0.25) is 0 Å². The number of hydrogen-bond acceptors (Lipinski definition) is 2. The highest BCUT2D eigenvalue weighted by molar-refractivity contribution is 5.30. The second-order valence-corrected chi connectivity index (χ2v) is 4.40. The predicted molar refractivity (Wildman–Crippen MR) is 57.3 cm³/mol. The molecule has 0 aliphatic heterocycles. The Hall–Kier alpha value is -1.02. The number of hydrogen-bond donors (Lipinski definition) is 1. The summed E-state index contributed by atoms with van der Waals surface area (Å²) in [4.78, 5) is 0. The smallest absolute Gasteiger partial charge is 0.118 e. The van der Waals surface area contributed by atoms with Crippen molar-refractivity contribution in [1.82, 2.24) is 0 Å². The predicted octanol–water partition coefficient (Wildman–Crippen LogP) is 2.50. The molecule has 0 bridgehead atoms. The lowest BCUT2D eigenvalue weighted by atomic mass is 9.93. The Labute approximate surface area is 85.1 Å². The van der Waals surface area contributed by atoms with Gasteiger partial charge in [-0.1, -0.05) is 19.1 Å². The summed E-state index contributed by atoms with van der Waals surface area (Å²) >= 11 is 0. The van der Waals surface area contributed by atoms with Crippen molar-refractivity contribution in [2.45, 2.75) is 25.8 Å². The third kappa shape index (κ3) is 1.62. The number of nitrogens with two attached hydrogens (primary N) is 1. The van der Waals surface area contributed by atoms with Crippen LogP contribution in [0.15, 0.2) is 24.3 Å². The van der Waals surface area contributed by atoms with E-state index >= 15 is 0 Å². The summed E-state index contributed by atoms with van der Waals surface area (Å²) in [6, 6.07) is 8.25. The molecule has 2 N–H and O–H groups in total. The minimum Gasteiger partial charge on any atom is -0.497 e. The number of ether oxygens (including phenoxy) is 1. The maximum absolute atomic E-state index is 6.19. The van der Waals surface area contributed by atoms with E-state index in [-0.39, 0.29) is 6.04 Å². The molecule has 0 amide bonds. The molecule has 2 rings (SSSR count). The van der Waals surface area contributed by atoms with Crippen LogP contribution in [0.3, 0.4) is 0 Å². The molecule has 2 heteroatoms. The molecule has 1 aliphatic carbocycles. The molecule has 0 radical (unpaired) electrons. The van der Waals surface area contributed by atoms with Gasteiger partial charge in [-0.3, -0.25) is 0 Å². The van der Waals surface area contributed by atoms with Gasteiger partial charge in [-0.15, -0.1) is 0 Å². The Morgan fingerprint density at radius 1 is 1.29 bits per heavy atom. The van der Waals surface area contributed by atoms with Gasteiger partial charge in [0.25, 0.3) is 0 Å². The van der Waals surface area contributed by atoms with Crippen LogP contribution in [0.2, 0.25) is 0 Å². The van der Waals surface area contributed by atoms with Gasteiger partial charge in [0, 0.05) is 6.04 Å². The van der Waals surface area contributed by atoms with E-state index in [1.807, 2.05) is 12.1 Å². The van der Waals surface area contributed by atoms with E-state index in [9.17, 15) is 0 Å². The zero-order chi connectivity index (χ0) is 10.2. The first kappa shape index (κ1) is 9.53. The molecular formula is C12H17NO. The van der Waals surface area contributed by atoms with Crippen LogP contribution in [0.25, 0.3) is 0 Å². The van der Waals surface area contributed by atoms with Gasteiger partial charge in [0.05, 0.1) is 7.11 Å². The van der Waals surface area contributed by atoms with Crippen LogP contribution in [0.1, 0.15) is 31.4 Å². The molecule has 1 atom stereocenters. The second kappa shape index (κ2) is 3.28. The van der Waals surface area contributed by atoms with Gasteiger partial charge in [0.15, 0.2) is 0 Å². The van der Waals surface area contributed by atoms with Gasteiger partial charge >= 0.3 is 0 Å². The van der Waals surface area contributed by atoms with Crippen LogP contribution in [-0.2, 0) is 0 Å². The zero-order valence-electron chi connectivity index (χ0n) is 8.79. The Kier molecular flexibility index (Phi) is 2.23. The fourth-order valence-corrected chi connectivity index (χ4v) is 1.72. The molecule has 0 heterocycles. The summed E-state index contributed by atoms with van der Waals surface area (Å²) in [7, 11) is 1.68. The highest BCUT2D eigenvalue weighted by Crippen LogP contribution is 2.53. The van der Waals surface area contributed by atoms with E-state index in [1.54, 1.807) is 7.11 Å². The van der Waals surface area contributed by atoms with Crippen LogP contribution in [-0.4, -0.2) is 7.11 Å². The maximum atomic E-state index is 6.19. The van der Waals surface area contributed by atoms with E-state index in [4.69, 9.17) is 10.5 Å². The summed E-state index contributed by atoms with van der Waals surface area (Å²) in [5.41, 5.74) is 7.74. The Bertz CT molecular complexity index is 314. The third-order valence-corrected chi connectivity index (χ3v) is 3.26. The normalized spacial score (nSPS) is 20.2. The number of benzene rings is 1. The number of rotatable bonds is 3. The molecule has 0 saturated heterocycles. The SMILES string of the molecule is COc1ccc(C(N)C2(C)CC2)cc1. The molecule has 1 aromatic rings. The molecule has 1 unspecified atom stereocenters. The van der Waals surface area contributed by atoms with Crippen LogP contribution >= 0.6 is 0 Å². The van der Waals surface area contributed by atoms with Gasteiger partial charge in [-0.25, -0.2) is 0 Å². The van der Waals surface area contributed by atoms with Crippen molar-refractivity contribution in [3.8, 4) is 5.75 Å². The van der Waals surface area contributed by atoms with Crippen LogP contribution in [0.5, 0.6) is 5.75 Å². The lowest BCUT2D eigenvalue weighted by Gasteiger charge is -2.19. The van der Waals surface area contributed by atoms with Gasteiger partial charge in [-0.05, 0) is 36.0 Å². The van der Waals surface area contributed by atoms with Crippen molar-refractivity contribution < 1.29 is 4.74 Å².